The molecule has 5 atom stereocenters. The summed E-state index contributed by atoms with van der Waals surface area (Å²) in [6.07, 6.45) is 14.0. The lowest BCUT2D eigenvalue weighted by molar-refractivity contribution is -0.577. The third-order valence-corrected chi connectivity index (χ3v) is 8.98. The van der Waals surface area contributed by atoms with E-state index < -0.39 is 5.54 Å². The standard InChI is InChI=1S/C27H27NO2/c29-28(30)25-16-24(21-10-4-1-5-11-21)17-26(19-25,22-12-6-2-7-13-22)27(18-24,20-25)23-14-8-3-9-15-23/h1-14,23H,15-20H2. The summed E-state index contributed by atoms with van der Waals surface area (Å²) in [5.74, 6) is 0.357. The second-order valence-corrected chi connectivity index (χ2v) is 10.3. The van der Waals surface area contributed by atoms with Crippen LogP contribution in [0, 0.1) is 21.4 Å². The van der Waals surface area contributed by atoms with Crippen LogP contribution < -0.4 is 0 Å². The number of hydrogen-bond acceptors (Lipinski definition) is 2. The first kappa shape index (κ1) is 18.1. The maximum atomic E-state index is 12.6. The van der Waals surface area contributed by atoms with Crippen LogP contribution in [-0.4, -0.2) is 10.5 Å². The lowest BCUT2D eigenvalue weighted by Crippen LogP contribution is -2.50. The molecule has 2 aromatic carbocycles. The van der Waals surface area contributed by atoms with Crippen LogP contribution in [0.3, 0.4) is 0 Å². The highest BCUT2D eigenvalue weighted by molar-refractivity contribution is 5.47. The Labute approximate surface area is 177 Å². The molecule has 4 bridgehead atoms. The van der Waals surface area contributed by atoms with E-state index in [0.717, 1.165) is 19.3 Å². The van der Waals surface area contributed by atoms with Gasteiger partial charge in [-0.1, -0.05) is 85.0 Å². The topological polar surface area (TPSA) is 43.1 Å². The fraction of sp³-hybridized carbons (Fsp3) is 0.407. The Bertz CT molecular complexity index is 1060. The van der Waals surface area contributed by atoms with Crippen molar-refractivity contribution in [2.24, 2.45) is 11.3 Å². The molecule has 152 valence electrons. The second-order valence-electron chi connectivity index (χ2n) is 10.3. The maximum Gasteiger partial charge on any atom is 0.224 e. The van der Waals surface area contributed by atoms with Crippen molar-refractivity contribution in [1.82, 2.24) is 0 Å². The third-order valence-electron chi connectivity index (χ3n) is 8.98. The smallest absolute Gasteiger partial charge is 0.224 e. The van der Waals surface area contributed by atoms with Crippen LogP contribution in [-0.2, 0) is 10.8 Å². The third kappa shape index (κ3) is 2.11. The van der Waals surface area contributed by atoms with Gasteiger partial charge in [0.2, 0.25) is 5.54 Å². The lowest BCUT2D eigenvalue weighted by atomic mass is 9.57. The van der Waals surface area contributed by atoms with E-state index in [4.69, 9.17) is 0 Å². The van der Waals surface area contributed by atoms with E-state index in [2.05, 4.69) is 85.0 Å². The molecule has 0 N–H and O–H groups in total. The normalized spacial score (nSPS) is 40.7. The summed E-state index contributed by atoms with van der Waals surface area (Å²) in [7, 11) is 0. The second kappa shape index (κ2) is 5.94. The van der Waals surface area contributed by atoms with Crippen LogP contribution in [0.1, 0.15) is 49.7 Å². The molecule has 0 radical (unpaired) electrons. The summed E-state index contributed by atoms with van der Waals surface area (Å²) in [6.45, 7) is 0. The van der Waals surface area contributed by atoms with E-state index in [1.807, 2.05) is 0 Å². The molecule has 0 amide bonds. The van der Waals surface area contributed by atoms with E-state index in [9.17, 15) is 10.1 Å². The number of benzene rings is 2. The Kier molecular flexibility index (Phi) is 3.58. The molecular formula is C27H27NO2. The van der Waals surface area contributed by atoms with E-state index in [-0.39, 0.29) is 21.2 Å². The van der Waals surface area contributed by atoms with Gasteiger partial charge < -0.3 is 0 Å². The van der Waals surface area contributed by atoms with Crippen molar-refractivity contribution < 1.29 is 4.92 Å². The van der Waals surface area contributed by atoms with Crippen molar-refractivity contribution in [1.29, 1.82) is 0 Å². The predicted octanol–water partition coefficient (Wildman–Crippen LogP) is 5.99. The predicted molar refractivity (Wildman–Crippen MR) is 118 cm³/mol. The molecule has 0 aromatic heterocycles. The Morgan fingerprint density at radius 2 is 1.50 bits per heavy atom. The highest BCUT2D eigenvalue weighted by Crippen LogP contribution is 2.80. The van der Waals surface area contributed by atoms with Crippen molar-refractivity contribution in [2.75, 3.05) is 0 Å². The number of nitro groups is 1. The molecule has 0 saturated heterocycles. The molecule has 0 heterocycles. The first-order valence-corrected chi connectivity index (χ1v) is 11.1. The maximum absolute atomic E-state index is 12.6. The van der Waals surface area contributed by atoms with Gasteiger partial charge in [-0.2, -0.15) is 0 Å². The fourth-order valence-corrected chi connectivity index (χ4v) is 8.30. The molecule has 4 fully saturated rings. The SMILES string of the molecule is O=[N+]([O-])C12CC3(c4ccccc4)CC(c4ccccc4)(C1)C(C1C=CC=CC1)(C3)C2. The number of hydrogen-bond donors (Lipinski definition) is 0. The van der Waals surface area contributed by atoms with Crippen LogP contribution in [0.15, 0.2) is 85.0 Å². The molecule has 5 aliphatic rings. The summed E-state index contributed by atoms with van der Waals surface area (Å²) in [5, 5.41) is 12.6. The molecule has 5 unspecified atom stereocenters. The minimum atomic E-state index is -0.822. The van der Waals surface area contributed by atoms with Crippen molar-refractivity contribution in [3.05, 3.63) is 106 Å². The van der Waals surface area contributed by atoms with Gasteiger partial charge in [-0.3, -0.25) is 10.1 Å². The van der Waals surface area contributed by atoms with Crippen molar-refractivity contribution in [3.63, 3.8) is 0 Å². The Morgan fingerprint density at radius 1 is 0.800 bits per heavy atom. The van der Waals surface area contributed by atoms with Gasteiger partial charge in [0.1, 0.15) is 0 Å². The number of nitrogens with zero attached hydrogens (tertiary/aromatic N) is 1. The van der Waals surface area contributed by atoms with Gasteiger partial charge in [-0.15, -0.1) is 0 Å². The van der Waals surface area contributed by atoms with Gasteiger partial charge in [-0.25, -0.2) is 0 Å². The van der Waals surface area contributed by atoms with Gasteiger partial charge in [0, 0.05) is 35.0 Å². The van der Waals surface area contributed by atoms with Crippen molar-refractivity contribution >= 4 is 0 Å². The molecule has 0 spiro atoms. The average Bonchev–Trinajstić information content (AvgIpc) is 3.15. The molecular weight excluding hydrogens is 370 g/mol. The van der Waals surface area contributed by atoms with Crippen molar-refractivity contribution in [3.8, 4) is 0 Å². The van der Waals surface area contributed by atoms with Crippen molar-refractivity contribution in [2.45, 2.75) is 54.9 Å². The molecule has 30 heavy (non-hydrogen) atoms. The van der Waals surface area contributed by atoms with Crippen LogP contribution in [0.5, 0.6) is 0 Å². The summed E-state index contributed by atoms with van der Waals surface area (Å²) >= 11 is 0. The quantitative estimate of drug-likeness (QED) is 0.470. The van der Waals surface area contributed by atoms with Gasteiger partial charge in [0.25, 0.3) is 0 Å². The van der Waals surface area contributed by atoms with E-state index in [0.29, 0.717) is 25.2 Å². The monoisotopic (exact) mass is 397 g/mol. The Morgan fingerprint density at radius 3 is 2.13 bits per heavy atom. The van der Waals surface area contributed by atoms with E-state index in [1.165, 1.54) is 11.1 Å². The first-order chi connectivity index (χ1) is 14.5. The summed E-state index contributed by atoms with van der Waals surface area (Å²) < 4.78 is 0. The molecule has 2 aromatic rings. The molecule has 5 aliphatic carbocycles. The van der Waals surface area contributed by atoms with Crippen LogP contribution in [0.2, 0.25) is 0 Å². The molecule has 0 aliphatic heterocycles. The average molecular weight is 398 g/mol. The number of rotatable bonds is 4. The minimum Gasteiger partial charge on any atom is -0.264 e. The summed E-state index contributed by atoms with van der Waals surface area (Å²) in [6, 6.07) is 21.4. The van der Waals surface area contributed by atoms with Gasteiger partial charge in [-0.05, 0) is 41.7 Å². The van der Waals surface area contributed by atoms with Gasteiger partial charge in [0.15, 0.2) is 0 Å². The highest BCUT2D eigenvalue weighted by Gasteiger charge is 2.81. The first-order valence-electron chi connectivity index (χ1n) is 11.1. The van der Waals surface area contributed by atoms with E-state index >= 15 is 0 Å². The Balaban J connectivity index is 1.62. The fourth-order valence-electron chi connectivity index (χ4n) is 8.30. The minimum absolute atomic E-state index is 0.0726. The van der Waals surface area contributed by atoms with Crippen LogP contribution in [0.4, 0.5) is 0 Å². The van der Waals surface area contributed by atoms with Crippen LogP contribution >= 0.6 is 0 Å². The van der Waals surface area contributed by atoms with Gasteiger partial charge >= 0.3 is 0 Å². The molecule has 4 saturated carbocycles. The zero-order valence-corrected chi connectivity index (χ0v) is 17.2. The largest absolute Gasteiger partial charge is 0.264 e. The zero-order chi connectivity index (χ0) is 20.5. The lowest BCUT2D eigenvalue weighted by Gasteiger charge is -2.46. The van der Waals surface area contributed by atoms with E-state index in [1.54, 1.807) is 0 Å². The summed E-state index contributed by atoms with van der Waals surface area (Å²) in [4.78, 5) is 12.7. The summed E-state index contributed by atoms with van der Waals surface area (Å²) in [5.41, 5.74) is 1.46. The molecule has 7 rings (SSSR count). The molecule has 3 heteroatoms. The molecule has 3 nitrogen and oxygen atoms in total. The Hall–Kier alpha value is -2.68. The highest BCUT2D eigenvalue weighted by atomic mass is 16.6. The van der Waals surface area contributed by atoms with Gasteiger partial charge in [0.05, 0.1) is 0 Å². The van der Waals surface area contributed by atoms with Crippen LogP contribution in [0.25, 0.3) is 0 Å². The zero-order valence-electron chi connectivity index (χ0n) is 17.2. The number of allylic oxidation sites excluding steroid dienone is 4.